The summed E-state index contributed by atoms with van der Waals surface area (Å²) in [6.45, 7) is 3.76. The third-order valence-corrected chi connectivity index (χ3v) is 4.74. The summed E-state index contributed by atoms with van der Waals surface area (Å²) in [5, 5.41) is 13.5. The zero-order valence-corrected chi connectivity index (χ0v) is 15.9. The lowest BCUT2D eigenvalue weighted by Gasteiger charge is -2.29. The molecule has 6 nitrogen and oxygen atoms in total. The highest BCUT2D eigenvalue weighted by Gasteiger charge is 2.35. The van der Waals surface area contributed by atoms with E-state index < -0.39 is 17.9 Å². The summed E-state index contributed by atoms with van der Waals surface area (Å²) in [7, 11) is 1.31. The van der Waals surface area contributed by atoms with Crippen LogP contribution in [-0.2, 0) is 14.3 Å². The molecule has 2 rings (SSSR count). The third kappa shape index (κ3) is 3.75. The van der Waals surface area contributed by atoms with Gasteiger partial charge < -0.3 is 14.8 Å². The first-order valence-corrected chi connectivity index (χ1v) is 9.22. The van der Waals surface area contributed by atoms with Gasteiger partial charge in [-0.15, -0.1) is 11.8 Å². The highest BCUT2D eigenvalue weighted by atomic mass is 32.2. The second kappa shape index (κ2) is 8.59. The van der Waals surface area contributed by atoms with Crippen molar-refractivity contribution in [2.75, 3.05) is 20.0 Å². The molecule has 0 amide bonds. The Hall–Kier alpha value is -2.72. The zero-order valence-electron chi connectivity index (χ0n) is 15.1. The number of methoxy groups -OCH3 is 1. The molecule has 1 aliphatic heterocycles. The highest BCUT2D eigenvalue weighted by Crippen LogP contribution is 2.40. The van der Waals surface area contributed by atoms with E-state index in [0.29, 0.717) is 27.4 Å². The SMILES string of the molecule is CCOC(=O)C1=C(C)NC(SC)=C(C#N)C1c1ccc(C(=O)OC)cc1. The van der Waals surface area contributed by atoms with E-state index >= 15 is 0 Å². The molecular weight excluding hydrogens is 352 g/mol. The van der Waals surface area contributed by atoms with Crippen molar-refractivity contribution in [3.63, 3.8) is 0 Å². The number of ether oxygens (including phenoxy) is 2. The Bertz CT molecular complexity index is 819. The summed E-state index contributed by atoms with van der Waals surface area (Å²) in [4.78, 5) is 24.2. The number of carbonyl (C=O) groups excluding carboxylic acids is 2. The topological polar surface area (TPSA) is 88.4 Å². The molecule has 1 N–H and O–H groups in total. The van der Waals surface area contributed by atoms with Crippen molar-refractivity contribution in [2.45, 2.75) is 19.8 Å². The number of rotatable bonds is 5. The van der Waals surface area contributed by atoms with Crippen molar-refractivity contribution in [3.8, 4) is 6.07 Å². The number of dihydropyridines is 1. The fourth-order valence-corrected chi connectivity index (χ4v) is 3.45. The number of esters is 2. The van der Waals surface area contributed by atoms with Gasteiger partial charge in [-0.1, -0.05) is 12.1 Å². The van der Waals surface area contributed by atoms with Crippen LogP contribution in [0.25, 0.3) is 0 Å². The van der Waals surface area contributed by atoms with E-state index in [4.69, 9.17) is 9.47 Å². The number of thioether (sulfide) groups is 1. The van der Waals surface area contributed by atoms with E-state index in [0.717, 1.165) is 5.56 Å². The van der Waals surface area contributed by atoms with E-state index in [1.165, 1.54) is 18.9 Å². The van der Waals surface area contributed by atoms with Gasteiger partial charge in [-0.2, -0.15) is 5.26 Å². The first kappa shape index (κ1) is 19.6. The maximum absolute atomic E-state index is 12.5. The molecule has 0 spiro atoms. The molecule has 1 aromatic carbocycles. The number of allylic oxidation sites excluding steroid dienone is 2. The molecule has 0 bridgehead atoms. The largest absolute Gasteiger partial charge is 0.465 e. The van der Waals surface area contributed by atoms with Crippen molar-refractivity contribution >= 4 is 23.7 Å². The van der Waals surface area contributed by atoms with Crippen molar-refractivity contribution in [2.24, 2.45) is 0 Å². The number of carbonyl (C=O) groups is 2. The van der Waals surface area contributed by atoms with E-state index in [2.05, 4.69) is 11.4 Å². The van der Waals surface area contributed by atoms with Gasteiger partial charge >= 0.3 is 11.9 Å². The molecule has 26 heavy (non-hydrogen) atoms. The van der Waals surface area contributed by atoms with E-state index in [1.807, 2.05) is 6.26 Å². The molecule has 0 aromatic heterocycles. The second-order valence-electron chi connectivity index (χ2n) is 5.49. The molecule has 0 saturated carbocycles. The maximum Gasteiger partial charge on any atom is 0.337 e. The summed E-state index contributed by atoms with van der Waals surface area (Å²) < 4.78 is 9.90. The Balaban J connectivity index is 2.58. The molecule has 0 fully saturated rings. The molecule has 1 heterocycles. The Labute approximate surface area is 156 Å². The van der Waals surface area contributed by atoms with Gasteiger partial charge in [0.25, 0.3) is 0 Å². The summed E-state index contributed by atoms with van der Waals surface area (Å²) in [6.07, 6.45) is 1.86. The van der Waals surface area contributed by atoms with E-state index in [9.17, 15) is 14.9 Å². The lowest BCUT2D eigenvalue weighted by atomic mass is 9.82. The minimum atomic E-state index is -0.561. The summed E-state index contributed by atoms with van der Waals surface area (Å²) in [5.74, 6) is -1.47. The Morgan fingerprint density at radius 2 is 1.92 bits per heavy atom. The summed E-state index contributed by atoms with van der Waals surface area (Å²) in [6, 6.07) is 8.90. The van der Waals surface area contributed by atoms with Crippen LogP contribution in [0.4, 0.5) is 0 Å². The van der Waals surface area contributed by atoms with Crippen LogP contribution in [0.2, 0.25) is 0 Å². The second-order valence-corrected chi connectivity index (χ2v) is 6.31. The Morgan fingerprint density at radius 1 is 1.27 bits per heavy atom. The summed E-state index contributed by atoms with van der Waals surface area (Å²) >= 11 is 1.40. The molecule has 1 atom stereocenters. The monoisotopic (exact) mass is 372 g/mol. The van der Waals surface area contributed by atoms with Crippen LogP contribution < -0.4 is 5.32 Å². The van der Waals surface area contributed by atoms with Crippen LogP contribution in [0.15, 0.2) is 46.1 Å². The van der Waals surface area contributed by atoms with Crippen molar-refractivity contribution in [1.82, 2.24) is 5.32 Å². The molecular formula is C19H20N2O4S. The number of hydrogen-bond acceptors (Lipinski definition) is 7. The number of benzene rings is 1. The normalized spacial score (nSPS) is 16.7. The van der Waals surface area contributed by atoms with Gasteiger partial charge in [-0.05, 0) is 37.8 Å². The highest BCUT2D eigenvalue weighted by molar-refractivity contribution is 8.02. The van der Waals surface area contributed by atoms with Crippen LogP contribution in [-0.4, -0.2) is 31.9 Å². The molecule has 7 heteroatoms. The smallest absolute Gasteiger partial charge is 0.337 e. The van der Waals surface area contributed by atoms with Gasteiger partial charge in [-0.3, -0.25) is 0 Å². The lowest BCUT2D eigenvalue weighted by molar-refractivity contribution is -0.138. The molecule has 1 aromatic rings. The van der Waals surface area contributed by atoms with Crippen molar-refractivity contribution in [1.29, 1.82) is 5.26 Å². The van der Waals surface area contributed by atoms with Gasteiger partial charge in [0.15, 0.2) is 0 Å². The maximum atomic E-state index is 12.5. The number of hydrogen-bond donors (Lipinski definition) is 1. The van der Waals surface area contributed by atoms with Gasteiger partial charge in [0.2, 0.25) is 0 Å². The Kier molecular flexibility index (Phi) is 6.47. The van der Waals surface area contributed by atoms with Gasteiger partial charge in [0, 0.05) is 5.70 Å². The van der Waals surface area contributed by atoms with Crippen LogP contribution in [0.5, 0.6) is 0 Å². The van der Waals surface area contributed by atoms with Crippen molar-refractivity contribution in [3.05, 3.63) is 57.3 Å². The number of nitrogens with one attached hydrogen (secondary N) is 1. The predicted molar refractivity (Wildman–Crippen MR) is 99.1 cm³/mol. The first-order chi connectivity index (χ1) is 12.5. The Morgan fingerprint density at radius 3 is 2.42 bits per heavy atom. The van der Waals surface area contributed by atoms with Gasteiger partial charge in [-0.25, -0.2) is 9.59 Å². The average Bonchev–Trinajstić information content (AvgIpc) is 2.66. The van der Waals surface area contributed by atoms with Crippen LogP contribution in [0.1, 0.15) is 35.7 Å². The molecule has 0 saturated heterocycles. The van der Waals surface area contributed by atoms with E-state index in [-0.39, 0.29) is 6.61 Å². The number of nitrogens with zero attached hydrogens (tertiary/aromatic N) is 1. The molecule has 136 valence electrons. The summed E-state index contributed by atoms with van der Waals surface area (Å²) in [5.41, 5.74) is 2.61. The van der Waals surface area contributed by atoms with Gasteiger partial charge in [0.1, 0.15) is 0 Å². The third-order valence-electron chi connectivity index (χ3n) is 4.01. The first-order valence-electron chi connectivity index (χ1n) is 7.99. The van der Waals surface area contributed by atoms with Crippen LogP contribution in [0, 0.1) is 11.3 Å². The molecule has 0 aliphatic carbocycles. The van der Waals surface area contributed by atoms with Crippen LogP contribution >= 0.6 is 11.8 Å². The molecule has 0 radical (unpaired) electrons. The fourth-order valence-electron chi connectivity index (χ4n) is 2.82. The predicted octanol–water partition coefficient (Wildman–Crippen LogP) is 3.10. The van der Waals surface area contributed by atoms with E-state index in [1.54, 1.807) is 38.1 Å². The van der Waals surface area contributed by atoms with Crippen molar-refractivity contribution < 1.29 is 19.1 Å². The zero-order chi connectivity index (χ0) is 19.3. The van der Waals surface area contributed by atoms with Gasteiger partial charge in [0.05, 0.1) is 47.4 Å². The molecule has 1 unspecified atom stereocenters. The lowest BCUT2D eigenvalue weighted by Crippen LogP contribution is -2.28. The quantitative estimate of drug-likeness (QED) is 0.795. The van der Waals surface area contributed by atoms with Crippen LogP contribution in [0.3, 0.4) is 0 Å². The minimum absolute atomic E-state index is 0.241. The average molecular weight is 372 g/mol. The minimum Gasteiger partial charge on any atom is -0.465 e. The standard InChI is InChI=1S/C19H20N2O4S/c1-5-25-19(23)15-11(2)21-17(26-4)14(10-20)16(15)12-6-8-13(9-7-12)18(22)24-3/h6-9,16,21H,5H2,1-4H3. The number of nitriles is 1. The fraction of sp³-hybridized carbons (Fsp3) is 0.316. The molecule has 1 aliphatic rings.